The Hall–Kier alpha value is -3.72. The molecule has 6 rings (SSSR count). The van der Waals surface area contributed by atoms with Gasteiger partial charge < -0.3 is 20.7 Å². The molecule has 0 saturated carbocycles. The van der Waals surface area contributed by atoms with Gasteiger partial charge in [-0.2, -0.15) is 0 Å². The second-order valence-corrected chi connectivity index (χ2v) is 10.5. The standard InChI is InChI=1S/C28H27FN2O6/c1-37-27-21-15(7-16-8-19(32)23(28(30)36)26(35)22(16)27)6-14-5-13-3-2-12(9-31-10-17(29)11-31)4-18(13)24(33)20(14)25(21)34/h2-5,15-17,22,32-33H,6-11H2,1H3,(H2,30,36)/t15-,16?,22?/m0/s1. The summed E-state index contributed by atoms with van der Waals surface area (Å²) < 4.78 is 18.9. The Morgan fingerprint density at radius 1 is 1.19 bits per heavy atom. The highest BCUT2D eigenvalue weighted by molar-refractivity contribution is 6.22. The molecular weight excluding hydrogens is 479 g/mol. The number of nitrogens with two attached hydrogens (primary N) is 1. The van der Waals surface area contributed by atoms with Crippen molar-refractivity contribution in [1.29, 1.82) is 0 Å². The van der Waals surface area contributed by atoms with E-state index in [-0.39, 0.29) is 41.1 Å². The number of benzene rings is 2. The number of likely N-dealkylation sites (tertiary alicyclic amines) is 1. The first-order valence-corrected chi connectivity index (χ1v) is 12.4. The summed E-state index contributed by atoms with van der Waals surface area (Å²) >= 11 is 0. The maximum absolute atomic E-state index is 13.9. The van der Waals surface area contributed by atoms with Crippen molar-refractivity contribution in [3.8, 4) is 5.75 Å². The molecule has 1 amide bonds. The zero-order valence-corrected chi connectivity index (χ0v) is 20.3. The molecule has 192 valence electrons. The molecule has 2 aromatic carbocycles. The number of aromatic hydroxyl groups is 1. The molecule has 3 atom stereocenters. The molecule has 0 bridgehead atoms. The van der Waals surface area contributed by atoms with Gasteiger partial charge in [-0.3, -0.25) is 19.3 Å². The van der Waals surface area contributed by atoms with E-state index >= 15 is 0 Å². The number of nitrogens with zero attached hydrogens (tertiary/aromatic N) is 1. The molecular formula is C28H27FN2O6. The number of aliphatic hydroxyl groups excluding tert-OH is 1. The molecule has 0 aromatic heterocycles. The number of primary amides is 1. The fourth-order valence-electron chi connectivity index (χ4n) is 6.66. The van der Waals surface area contributed by atoms with E-state index in [4.69, 9.17) is 10.5 Å². The third-order valence-corrected chi connectivity index (χ3v) is 8.27. The van der Waals surface area contributed by atoms with Crippen LogP contribution in [-0.4, -0.2) is 59.0 Å². The summed E-state index contributed by atoms with van der Waals surface area (Å²) in [5.74, 6) is -3.81. The molecule has 2 unspecified atom stereocenters. The summed E-state index contributed by atoms with van der Waals surface area (Å²) in [7, 11) is 1.38. The number of aliphatic hydroxyl groups is 1. The van der Waals surface area contributed by atoms with E-state index in [0.717, 1.165) is 10.9 Å². The van der Waals surface area contributed by atoms with E-state index in [0.29, 0.717) is 49.0 Å². The van der Waals surface area contributed by atoms with Gasteiger partial charge in [-0.05, 0) is 47.3 Å². The van der Waals surface area contributed by atoms with Crippen molar-refractivity contribution in [3.63, 3.8) is 0 Å². The quantitative estimate of drug-likeness (QED) is 0.544. The summed E-state index contributed by atoms with van der Waals surface area (Å²) in [5.41, 5.74) is 7.06. The number of ether oxygens (including phenoxy) is 1. The van der Waals surface area contributed by atoms with Crippen LogP contribution in [0.25, 0.3) is 10.8 Å². The summed E-state index contributed by atoms with van der Waals surface area (Å²) in [6.45, 7) is 1.32. The Kier molecular flexibility index (Phi) is 5.38. The average Bonchev–Trinajstić information content (AvgIpc) is 2.81. The molecule has 1 aliphatic heterocycles. The van der Waals surface area contributed by atoms with Gasteiger partial charge in [0.15, 0.2) is 11.6 Å². The number of carbonyl (C=O) groups is 3. The number of fused-ring (bicyclic) bond motifs is 4. The predicted octanol–water partition coefficient (Wildman–Crippen LogP) is 2.86. The lowest BCUT2D eigenvalue weighted by atomic mass is 9.62. The van der Waals surface area contributed by atoms with Crippen molar-refractivity contribution in [2.75, 3.05) is 20.2 Å². The molecule has 3 aliphatic carbocycles. The number of methoxy groups -OCH3 is 1. The smallest absolute Gasteiger partial charge is 0.255 e. The van der Waals surface area contributed by atoms with Gasteiger partial charge in [0, 0.05) is 37.0 Å². The van der Waals surface area contributed by atoms with Crippen LogP contribution in [-0.2, 0) is 27.3 Å². The Balaban J connectivity index is 1.43. The summed E-state index contributed by atoms with van der Waals surface area (Å²) in [6, 6.07) is 7.59. The molecule has 1 fully saturated rings. The molecule has 8 nitrogen and oxygen atoms in total. The molecule has 2 aromatic rings. The zero-order valence-electron chi connectivity index (χ0n) is 20.3. The van der Waals surface area contributed by atoms with Crippen LogP contribution >= 0.6 is 0 Å². The maximum atomic E-state index is 13.9. The van der Waals surface area contributed by atoms with Crippen molar-refractivity contribution in [2.24, 2.45) is 23.5 Å². The van der Waals surface area contributed by atoms with Crippen molar-refractivity contribution < 1.29 is 33.7 Å². The molecule has 37 heavy (non-hydrogen) atoms. The van der Waals surface area contributed by atoms with Crippen molar-refractivity contribution in [3.05, 3.63) is 63.6 Å². The van der Waals surface area contributed by atoms with Gasteiger partial charge in [0.25, 0.3) is 5.91 Å². The fourth-order valence-corrected chi connectivity index (χ4v) is 6.66. The zero-order chi connectivity index (χ0) is 26.2. The van der Waals surface area contributed by atoms with E-state index in [1.807, 2.05) is 29.2 Å². The first kappa shape index (κ1) is 23.7. The van der Waals surface area contributed by atoms with E-state index < -0.39 is 35.1 Å². The van der Waals surface area contributed by atoms with E-state index in [1.54, 1.807) is 0 Å². The van der Waals surface area contributed by atoms with Crippen molar-refractivity contribution in [2.45, 2.75) is 32.0 Å². The van der Waals surface area contributed by atoms with Gasteiger partial charge in [0.1, 0.15) is 29.0 Å². The number of hydrogen-bond acceptors (Lipinski definition) is 7. The number of phenolic OH excluding ortho intramolecular Hbond substituents is 1. The Morgan fingerprint density at radius 3 is 2.62 bits per heavy atom. The molecule has 1 saturated heterocycles. The van der Waals surface area contributed by atoms with Gasteiger partial charge in [-0.15, -0.1) is 0 Å². The lowest BCUT2D eigenvalue weighted by Gasteiger charge is -2.42. The number of hydrogen-bond donors (Lipinski definition) is 3. The predicted molar refractivity (Wildman–Crippen MR) is 131 cm³/mol. The monoisotopic (exact) mass is 506 g/mol. The number of amides is 1. The Labute approximate surface area is 212 Å². The first-order chi connectivity index (χ1) is 17.7. The summed E-state index contributed by atoms with van der Waals surface area (Å²) in [5, 5.41) is 23.0. The normalized spacial score (nSPS) is 26.1. The van der Waals surface area contributed by atoms with Crippen LogP contribution in [0.5, 0.6) is 5.75 Å². The average molecular weight is 507 g/mol. The Bertz CT molecular complexity index is 1450. The second-order valence-electron chi connectivity index (χ2n) is 10.5. The van der Waals surface area contributed by atoms with Gasteiger partial charge in [0.2, 0.25) is 0 Å². The highest BCUT2D eigenvalue weighted by Gasteiger charge is 2.50. The van der Waals surface area contributed by atoms with E-state index in [1.165, 1.54) is 7.11 Å². The van der Waals surface area contributed by atoms with E-state index in [2.05, 4.69) is 0 Å². The number of halogens is 1. The van der Waals surface area contributed by atoms with Crippen molar-refractivity contribution >= 4 is 28.2 Å². The number of Topliss-reactive ketones (excluding diaryl/α,β-unsaturated/α-hetero) is 2. The van der Waals surface area contributed by atoms with Crippen LogP contribution in [0.4, 0.5) is 4.39 Å². The van der Waals surface area contributed by atoms with Crippen LogP contribution in [0, 0.1) is 17.8 Å². The lowest BCUT2D eigenvalue weighted by molar-refractivity contribution is -0.126. The molecule has 0 radical (unpaired) electrons. The largest absolute Gasteiger partial charge is 0.511 e. The SMILES string of the molecule is COC1=C2C(=O)c3c(cc4ccc(CN5CC(F)C5)cc4c3O)C[C@H]2CC2CC(O)=C(C(N)=O)C(=O)C12. The first-order valence-electron chi connectivity index (χ1n) is 12.4. The molecule has 1 heterocycles. The van der Waals surface area contributed by atoms with Gasteiger partial charge in [-0.25, -0.2) is 4.39 Å². The van der Waals surface area contributed by atoms with Crippen LogP contribution in [0.3, 0.4) is 0 Å². The third-order valence-electron chi connectivity index (χ3n) is 8.27. The van der Waals surface area contributed by atoms with Crippen LogP contribution in [0.15, 0.2) is 46.9 Å². The maximum Gasteiger partial charge on any atom is 0.255 e. The minimum Gasteiger partial charge on any atom is -0.511 e. The number of ketones is 2. The minimum absolute atomic E-state index is 0.0955. The van der Waals surface area contributed by atoms with Gasteiger partial charge in [-0.1, -0.05) is 18.2 Å². The highest BCUT2D eigenvalue weighted by atomic mass is 19.1. The van der Waals surface area contributed by atoms with Gasteiger partial charge >= 0.3 is 0 Å². The number of phenols is 1. The number of allylic oxidation sites excluding steroid dienone is 3. The fraction of sp³-hybridized carbons (Fsp3) is 0.393. The Morgan fingerprint density at radius 2 is 1.95 bits per heavy atom. The van der Waals surface area contributed by atoms with Gasteiger partial charge in [0.05, 0.1) is 18.6 Å². The third kappa shape index (κ3) is 3.55. The van der Waals surface area contributed by atoms with Crippen LogP contribution in [0.1, 0.15) is 34.3 Å². The number of alkyl halides is 1. The minimum atomic E-state index is -1.01. The van der Waals surface area contributed by atoms with E-state index in [9.17, 15) is 29.0 Å². The number of carbonyl (C=O) groups excluding carboxylic acids is 3. The van der Waals surface area contributed by atoms with Crippen LogP contribution < -0.4 is 5.73 Å². The topological polar surface area (TPSA) is 130 Å². The molecule has 4 aliphatic rings. The molecule has 9 heteroatoms. The van der Waals surface area contributed by atoms with Crippen LogP contribution in [0.2, 0.25) is 0 Å². The number of rotatable bonds is 4. The summed E-state index contributed by atoms with van der Waals surface area (Å²) in [6.07, 6.45) is 0.200. The molecule has 4 N–H and O–H groups in total. The second kappa shape index (κ2) is 8.41. The molecule has 0 spiro atoms. The lowest BCUT2D eigenvalue weighted by Crippen LogP contribution is -2.47. The highest BCUT2D eigenvalue weighted by Crippen LogP contribution is 2.51. The van der Waals surface area contributed by atoms with Crippen molar-refractivity contribution in [1.82, 2.24) is 4.90 Å². The summed E-state index contributed by atoms with van der Waals surface area (Å²) in [4.78, 5) is 40.9.